The van der Waals surface area contributed by atoms with Crippen molar-refractivity contribution in [3.8, 4) is 0 Å². The van der Waals surface area contributed by atoms with Gasteiger partial charge >= 0.3 is 5.97 Å². The molecule has 0 unspecified atom stereocenters. The maximum absolute atomic E-state index is 11.6. The monoisotopic (exact) mass is 225 g/mol. The van der Waals surface area contributed by atoms with Crippen LogP contribution in [0.3, 0.4) is 0 Å². The van der Waals surface area contributed by atoms with Gasteiger partial charge in [0.25, 0.3) is 5.91 Å². The molecule has 0 fully saturated rings. The van der Waals surface area contributed by atoms with Gasteiger partial charge in [-0.05, 0) is 13.0 Å². The van der Waals surface area contributed by atoms with Gasteiger partial charge in [-0.25, -0.2) is 4.79 Å². The van der Waals surface area contributed by atoms with Crippen LogP contribution in [0.4, 0.5) is 0 Å². The fourth-order valence-electron chi connectivity index (χ4n) is 1.18. The average Bonchev–Trinajstić information content (AvgIpc) is 2.74. The number of hydrogen-bond acceptors (Lipinski definition) is 4. The predicted molar refractivity (Wildman–Crippen MR) is 57.0 cm³/mol. The van der Waals surface area contributed by atoms with Gasteiger partial charge in [0.05, 0.1) is 7.11 Å². The summed E-state index contributed by atoms with van der Waals surface area (Å²) >= 11 is 0. The lowest BCUT2D eigenvalue weighted by atomic mass is 10.3. The number of nitrogens with zero attached hydrogens (tertiary/aromatic N) is 3. The summed E-state index contributed by atoms with van der Waals surface area (Å²) in [4.78, 5) is 24.2. The van der Waals surface area contributed by atoms with Crippen LogP contribution in [-0.2, 0) is 9.53 Å². The standard InChI is InChI=1S/C10H15N3O3/c1-7(10(15)16-4)13-6-5-8(11-13)9(14)12(2)3/h5-7H,1-4H3/t7-/m1/s1. The van der Waals surface area contributed by atoms with E-state index in [2.05, 4.69) is 9.84 Å². The van der Waals surface area contributed by atoms with E-state index in [1.165, 1.54) is 16.7 Å². The predicted octanol–water partition coefficient (Wildman–Crippen LogP) is 0.319. The topological polar surface area (TPSA) is 64.4 Å². The van der Waals surface area contributed by atoms with E-state index in [-0.39, 0.29) is 5.91 Å². The number of rotatable bonds is 3. The molecule has 0 spiro atoms. The van der Waals surface area contributed by atoms with Gasteiger partial charge in [0, 0.05) is 20.3 Å². The molecule has 0 radical (unpaired) electrons. The number of carbonyl (C=O) groups excluding carboxylic acids is 2. The molecule has 1 heterocycles. The van der Waals surface area contributed by atoms with Crippen molar-refractivity contribution in [3.05, 3.63) is 18.0 Å². The zero-order valence-corrected chi connectivity index (χ0v) is 9.80. The largest absolute Gasteiger partial charge is 0.467 e. The highest BCUT2D eigenvalue weighted by molar-refractivity contribution is 5.91. The van der Waals surface area contributed by atoms with Crippen molar-refractivity contribution >= 4 is 11.9 Å². The van der Waals surface area contributed by atoms with Gasteiger partial charge in [-0.3, -0.25) is 9.48 Å². The van der Waals surface area contributed by atoms with Crippen molar-refractivity contribution in [2.45, 2.75) is 13.0 Å². The van der Waals surface area contributed by atoms with Crippen LogP contribution in [0.5, 0.6) is 0 Å². The van der Waals surface area contributed by atoms with Crippen LogP contribution >= 0.6 is 0 Å². The van der Waals surface area contributed by atoms with E-state index in [4.69, 9.17) is 0 Å². The lowest BCUT2D eigenvalue weighted by molar-refractivity contribution is -0.144. The Bertz CT molecular complexity index is 398. The average molecular weight is 225 g/mol. The molecule has 0 saturated carbocycles. The van der Waals surface area contributed by atoms with E-state index < -0.39 is 12.0 Å². The first-order chi connectivity index (χ1) is 7.47. The Hall–Kier alpha value is -1.85. The van der Waals surface area contributed by atoms with Gasteiger partial charge in [0.15, 0.2) is 0 Å². The summed E-state index contributed by atoms with van der Waals surface area (Å²) in [6, 6.07) is 1.04. The molecule has 1 amide bonds. The molecule has 1 aromatic rings. The third kappa shape index (κ3) is 2.39. The molecule has 16 heavy (non-hydrogen) atoms. The van der Waals surface area contributed by atoms with Crippen molar-refractivity contribution in [1.29, 1.82) is 0 Å². The van der Waals surface area contributed by atoms with E-state index in [1.54, 1.807) is 33.3 Å². The van der Waals surface area contributed by atoms with E-state index in [9.17, 15) is 9.59 Å². The van der Waals surface area contributed by atoms with Crippen LogP contribution in [0.15, 0.2) is 12.3 Å². The maximum atomic E-state index is 11.6. The van der Waals surface area contributed by atoms with E-state index in [0.717, 1.165) is 0 Å². The second-order valence-electron chi connectivity index (χ2n) is 3.58. The van der Waals surface area contributed by atoms with Crippen LogP contribution < -0.4 is 0 Å². The van der Waals surface area contributed by atoms with Gasteiger partial charge in [-0.1, -0.05) is 0 Å². The molecule has 6 heteroatoms. The molecular formula is C10H15N3O3. The molecule has 0 aromatic carbocycles. The van der Waals surface area contributed by atoms with Gasteiger partial charge in [0.1, 0.15) is 11.7 Å². The first-order valence-electron chi connectivity index (χ1n) is 4.82. The minimum atomic E-state index is -0.534. The van der Waals surface area contributed by atoms with Crippen molar-refractivity contribution in [2.75, 3.05) is 21.2 Å². The fourth-order valence-corrected chi connectivity index (χ4v) is 1.18. The van der Waals surface area contributed by atoms with Gasteiger partial charge in [-0.15, -0.1) is 0 Å². The van der Waals surface area contributed by atoms with Crippen molar-refractivity contribution in [3.63, 3.8) is 0 Å². The Kier molecular flexibility index (Phi) is 3.65. The van der Waals surface area contributed by atoms with Crippen molar-refractivity contribution < 1.29 is 14.3 Å². The van der Waals surface area contributed by atoms with E-state index in [0.29, 0.717) is 5.69 Å². The summed E-state index contributed by atoms with van der Waals surface area (Å²) in [7, 11) is 4.60. The Morgan fingerprint density at radius 1 is 1.50 bits per heavy atom. The molecule has 1 rings (SSSR count). The first-order valence-corrected chi connectivity index (χ1v) is 4.82. The molecule has 0 aliphatic carbocycles. The first kappa shape index (κ1) is 12.2. The minimum Gasteiger partial charge on any atom is -0.467 e. The van der Waals surface area contributed by atoms with Crippen LogP contribution in [0.2, 0.25) is 0 Å². The number of aromatic nitrogens is 2. The molecule has 6 nitrogen and oxygen atoms in total. The number of hydrogen-bond donors (Lipinski definition) is 0. The minimum absolute atomic E-state index is 0.198. The van der Waals surface area contributed by atoms with Gasteiger partial charge in [0.2, 0.25) is 0 Å². The molecule has 0 aliphatic heterocycles. The van der Waals surface area contributed by atoms with E-state index >= 15 is 0 Å². The Balaban J connectivity index is 2.87. The normalized spacial score (nSPS) is 12.0. The molecule has 1 atom stereocenters. The number of esters is 1. The van der Waals surface area contributed by atoms with Crippen LogP contribution in [-0.4, -0.2) is 47.8 Å². The summed E-state index contributed by atoms with van der Waals surface area (Å²) in [5, 5.41) is 4.03. The lowest BCUT2D eigenvalue weighted by Gasteiger charge is -2.10. The highest BCUT2D eigenvalue weighted by Gasteiger charge is 2.18. The summed E-state index contributed by atoms with van der Waals surface area (Å²) in [6.45, 7) is 1.66. The summed E-state index contributed by atoms with van der Waals surface area (Å²) in [5.41, 5.74) is 0.306. The third-order valence-electron chi connectivity index (χ3n) is 2.17. The SMILES string of the molecule is COC(=O)[C@@H](C)n1ccc(C(=O)N(C)C)n1. The highest BCUT2D eigenvalue weighted by atomic mass is 16.5. The Morgan fingerprint density at radius 2 is 2.12 bits per heavy atom. The molecular weight excluding hydrogens is 210 g/mol. The third-order valence-corrected chi connectivity index (χ3v) is 2.17. The number of amides is 1. The smallest absolute Gasteiger partial charge is 0.330 e. The summed E-state index contributed by atoms with van der Waals surface area (Å²) < 4.78 is 5.99. The van der Waals surface area contributed by atoms with Crippen LogP contribution in [0.25, 0.3) is 0 Å². The van der Waals surface area contributed by atoms with Gasteiger partial charge < -0.3 is 9.64 Å². The summed E-state index contributed by atoms with van der Waals surface area (Å²) in [6.07, 6.45) is 1.58. The zero-order chi connectivity index (χ0) is 12.3. The van der Waals surface area contributed by atoms with Crippen molar-refractivity contribution in [1.82, 2.24) is 14.7 Å². The Labute approximate surface area is 93.8 Å². The highest BCUT2D eigenvalue weighted by Crippen LogP contribution is 2.08. The molecule has 0 aliphatic rings. The molecule has 0 bridgehead atoms. The second kappa shape index (κ2) is 4.78. The molecule has 0 N–H and O–H groups in total. The maximum Gasteiger partial charge on any atom is 0.330 e. The van der Waals surface area contributed by atoms with Gasteiger partial charge in [-0.2, -0.15) is 5.10 Å². The van der Waals surface area contributed by atoms with Crippen molar-refractivity contribution in [2.24, 2.45) is 0 Å². The summed E-state index contributed by atoms with van der Waals surface area (Å²) in [5.74, 6) is -0.595. The van der Waals surface area contributed by atoms with Crippen LogP contribution in [0, 0.1) is 0 Å². The quantitative estimate of drug-likeness (QED) is 0.695. The zero-order valence-electron chi connectivity index (χ0n) is 9.80. The number of ether oxygens (including phenoxy) is 1. The van der Waals surface area contributed by atoms with Crippen LogP contribution in [0.1, 0.15) is 23.5 Å². The molecule has 1 aromatic heterocycles. The Morgan fingerprint density at radius 3 is 2.62 bits per heavy atom. The lowest BCUT2D eigenvalue weighted by Crippen LogP contribution is -2.23. The van der Waals surface area contributed by atoms with E-state index in [1.807, 2.05) is 0 Å². The number of methoxy groups -OCH3 is 1. The fraction of sp³-hybridized carbons (Fsp3) is 0.500. The molecule has 0 saturated heterocycles. The second-order valence-corrected chi connectivity index (χ2v) is 3.58. The number of carbonyl (C=O) groups is 2. The molecule has 88 valence electrons.